The zero-order valence-corrected chi connectivity index (χ0v) is 28.8. The van der Waals surface area contributed by atoms with Crippen molar-refractivity contribution >= 4 is 35.6 Å². The normalized spacial score (nSPS) is 18.4. The number of carbonyl (C=O) groups is 2. The molecule has 4 aromatic rings. The Morgan fingerprint density at radius 1 is 0.686 bits per heavy atom. The number of phenols is 1. The number of ether oxygens (including phenoxy) is 3. The van der Waals surface area contributed by atoms with Crippen LogP contribution in [0.4, 0.5) is 11.4 Å². The van der Waals surface area contributed by atoms with Crippen molar-refractivity contribution in [1.29, 1.82) is 0 Å². The summed E-state index contributed by atoms with van der Waals surface area (Å²) in [5.74, 6) is 1.87. The van der Waals surface area contributed by atoms with Crippen LogP contribution in [0.3, 0.4) is 0 Å². The molecule has 0 saturated heterocycles. The van der Waals surface area contributed by atoms with Crippen molar-refractivity contribution in [3.05, 3.63) is 106 Å². The summed E-state index contributed by atoms with van der Waals surface area (Å²) >= 11 is 0. The van der Waals surface area contributed by atoms with Crippen molar-refractivity contribution in [1.82, 2.24) is 9.80 Å². The number of unbranched alkanes of at least 4 members (excludes halogenated alkanes) is 2. The number of rotatable bonds is 9. The monoisotopic (exact) mass is 684 g/mol. The van der Waals surface area contributed by atoms with E-state index in [4.69, 9.17) is 24.2 Å². The van der Waals surface area contributed by atoms with E-state index in [9.17, 15) is 14.7 Å². The van der Waals surface area contributed by atoms with Gasteiger partial charge in [0.15, 0.2) is 11.5 Å². The van der Waals surface area contributed by atoms with Crippen molar-refractivity contribution in [2.75, 3.05) is 20.3 Å². The van der Waals surface area contributed by atoms with Crippen LogP contribution in [0.25, 0.3) is 0 Å². The van der Waals surface area contributed by atoms with Crippen molar-refractivity contribution in [3.8, 4) is 23.0 Å². The number of hydrogen-bond acceptors (Lipinski definition) is 8. The smallest absolute Gasteiger partial charge is 0.257 e. The third-order valence-corrected chi connectivity index (χ3v) is 10.3. The van der Waals surface area contributed by atoms with Gasteiger partial charge < -0.3 is 29.1 Å². The van der Waals surface area contributed by atoms with Gasteiger partial charge in [-0.15, -0.1) is 0 Å². The number of carbonyl (C=O) groups excluding carboxylic acids is 2. The standard InChI is InChI=1S/C41H40N4O6/c1-25-14-33-35(42-22-31-16-27-10-11-32(46)17-29(27)24-45(31)40(33)47)19-37(25)50-12-6-3-7-13-51-39-20-36-34(18-38(39)49-2)41(48)44-23-28-9-5-4-8-26(28)15-30(44)21-43-36/h4-5,8-11,14,17-22,30-31,46H,3,6-7,12-13,15-16,23-24H2,1-2H3/t30-,31-/m0/s1. The molecule has 0 bridgehead atoms. The van der Waals surface area contributed by atoms with E-state index in [0.29, 0.717) is 72.5 Å². The van der Waals surface area contributed by atoms with Gasteiger partial charge in [0.25, 0.3) is 11.8 Å². The molecule has 4 aromatic carbocycles. The highest BCUT2D eigenvalue weighted by molar-refractivity contribution is 6.04. The molecule has 260 valence electrons. The summed E-state index contributed by atoms with van der Waals surface area (Å²) in [5, 5.41) is 9.96. The van der Waals surface area contributed by atoms with Gasteiger partial charge in [-0.3, -0.25) is 19.6 Å². The molecule has 51 heavy (non-hydrogen) atoms. The van der Waals surface area contributed by atoms with E-state index in [1.54, 1.807) is 31.4 Å². The summed E-state index contributed by atoms with van der Waals surface area (Å²) in [6, 6.07) is 20.6. The lowest BCUT2D eigenvalue weighted by Gasteiger charge is -2.34. The number of hydrogen-bond donors (Lipinski definition) is 1. The number of fused-ring (bicyclic) bond motifs is 6. The largest absolute Gasteiger partial charge is 0.508 e. The van der Waals surface area contributed by atoms with Crippen LogP contribution in [0.15, 0.2) is 76.7 Å². The van der Waals surface area contributed by atoms with E-state index < -0.39 is 0 Å². The lowest BCUT2D eigenvalue weighted by atomic mass is 9.93. The molecule has 4 aliphatic rings. The van der Waals surface area contributed by atoms with Gasteiger partial charge in [0.1, 0.15) is 11.5 Å². The summed E-state index contributed by atoms with van der Waals surface area (Å²) in [4.78, 5) is 40.4. The number of methoxy groups -OCH3 is 1. The molecule has 10 nitrogen and oxygen atoms in total. The Balaban J connectivity index is 0.853. The van der Waals surface area contributed by atoms with Crippen LogP contribution in [0.1, 0.15) is 67.8 Å². The van der Waals surface area contributed by atoms with E-state index >= 15 is 0 Å². The first-order valence-corrected chi connectivity index (χ1v) is 17.6. The molecule has 4 aliphatic heterocycles. The third kappa shape index (κ3) is 6.30. The number of aryl methyl sites for hydroxylation is 1. The summed E-state index contributed by atoms with van der Waals surface area (Å²) in [5.41, 5.74) is 7.65. The second kappa shape index (κ2) is 13.6. The zero-order chi connectivity index (χ0) is 35.1. The molecule has 0 saturated carbocycles. The lowest BCUT2D eigenvalue weighted by Crippen LogP contribution is -2.44. The first-order valence-electron chi connectivity index (χ1n) is 17.6. The molecule has 10 heteroatoms. The number of phenolic OH excluding ortho intramolecular Hbond substituents is 1. The Labute approximate surface area is 297 Å². The van der Waals surface area contributed by atoms with E-state index in [0.717, 1.165) is 42.4 Å². The van der Waals surface area contributed by atoms with Crippen molar-refractivity contribution < 1.29 is 28.9 Å². The quantitative estimate of drug-likeness (QED) is 0.192. The van der Waals surface area contributed by atoms with Gasteiger partial charge in [0.2, 0.25) is 0 Å². The van der Waals surface area contributed by atoms with Crippen LogP contribution < -0.4 is 14.2 Å². The molecule has 2 atom stereocenters. The van der Waals surface area contributed by atoms with Crippen LogP contribution in [0, 0.1) is 6.92 Å². The summed E-state index contributed by atoms with van der Waals surface area (Å²) < 4.78 is 18.0. The van der Waals surface area contributed by atoms with E-state index in [-0.39, 0.29) is 29.6 Å². The van der Waals surface area contributed by atoms with Crippen molar-refractivity contribution in [3.63, 3.8) is 0 Å². The maximum atomic E-state index is 13.7. The number of amides is 2. The molecular weight excluding hydrogens is 644 g/mol. The number of aromatic hydroxyl groups is 1. The molecule has 0 unspecified atom stereocenters. The Kier molecular flexibility index (Phi) is 8.67. The minimum Gasteiger partial charge on any atom is -0.508 e. The molecule has 0 spiro atoms. The molecular formula is C41H40N4O6. The van der Waals surface area contributed by atoms with Crippen LogP contribution >= 0.6 is 0 Å². The van der Waals surface area contributed by atoms with Gasteiger partial charge >= 0.3 is 0 Å². The SMILES string of the molecule is COc1cc2c(cc1OCCCCCOc1cc3c(cc1C)C(=O)N1Cc4cc(O)ccc4C[C@H]1C=N3)N=C[C@@H]1Cc3ccccc3CN1C2=O. The Morgan fingerprint density at radius 3 is 1.96 bits per heavy atom. The number of nitrogens with zero attached hydrogens (tertiary/aromatic N) is 4. The molecule has 4 heterocycles. The Morgan fingerprint density at radius 2 is 1.27 bits per heavy atom. The lowest BCUT2D eigenvalue weighted by molar-refractivity contribution is 0.0696. The maximum absolute atomic E-state index is 13.7. The molecule has 0 aliphatic carbocycles. The fraction of sp³-hybridized carbons (Fsp3) is 0.317. The molecule has 1 N–H and O–H groups in total. The van der Waals surface area contributed by atoms with Crippen LogP contribution in [-0.4, -0.2) is 71.6 Å². The molecule has 0 fully saturated rings. The van der Waals surface area contributed by atoms with Gasteiger partial charge in [0.05, 0.1) is 54.9 Å². The summed E-state index contributed by atoms with van der Waals surface area (Å²) in [6.07, 6.45) is 7.64. The molecule has 0 radical (unpaired) electrons. The topological polar surface area (TPSA) is 113 Å². The molecule has 2 amide bonds. The average Bonchev–Trinajstić information content (AvgIpc) is 3.35. The number of aliphatic imine (C=N–C) groups is 2. The maximum Gasteiger partial charge on any atom is 0.257 e. The predicted octanol–water partition coefficient (Wildman–Crippen LogP) is 6.90. The van der Waals surface area contributed by atoms with E-state index in [1.807, 2.05) is 59.5 Å². The number of benzene rings is 4. The first-order chi connectivity index (χ1) is 24.9. The average molecular weight is 685 g/mol. The molecule has 8 rings (SSSR count). The highest BCUT2D eigenvalue weighted by atomic mass is 16.5. The van der Waals surface area contributed by atoms with E-state index in [2.05, 4.69) is 12.1 Å². The van der Waals surface area contributed by atoms with Crippen molar-refractivity contribution in [2.24, 2.45) is 9.98 Å². The van der Waals surface area contributed by atoms with Gasteiger partial charge in [-0.05, 0) is 91.1 Å². The van der Waals surface area contributed by atoms with Crippen LogP contribution in [0.5, 0.6) is 23.0 Å². The fourth-order valence-electron chi connectivity index (χ4n) is 7.45. The van der Waals surface area contributed by atoms with Gasteiger partial charge in [-0.25, -0.2) is 0 Å². The predicted molar refractivity (Wildman–Crippen MR) is 195 cm³/mol. The van der Waals surface area contributed by atoms with Crippen molar-refractivity contribution in [2.45, 2.75) is 64.2 Å². The Hall–Kier alpha value is -5.64. The first kappa shape index (κ1) is 32.6. The summed E-state index contributed by atoms with van der Waals surface area (Å²) in [7, 11) is 1.58. The zero-order valence-electron chi connectivity index (χ0n) is 28.8. The highest BCUT2D eigenvalue weighted by Crippen LogP contribution is 2.39. The third-order valence-electron chi connectivity index (χ3n) is 10.3. The fourth-order valence-corrected chi connectivity index (χ4v) is 7.45. The highest BCUT2D eigenvalue weighted by Gasteiger charge is 2.34. The second-order valence-corrected chi connectivity index (χ2v) is 13.6. The van der Waals surface area contributed by atoms with Gasteiger partial charge in [-0.1, -0.05) is 30.3 Å². The summed E-state index contributed by atoms with van der Waals surface area (Å²) in [6.45, 7) is 3.93. The van der Waals surface area contributed by atoms with Crippen LogP contribution in [-0.2, 0) is 25.9 Å². The second-order valence-electron chi connectivity index (χ2n) is 13.6. The van der Waals surface area contributed by atoms with Gasteiger partial charge in [0, 0.05) is 37.7 Å². The molecule has 0 aromatic heterocycles. The van der Waals surface area contributed by atoms with Gasteiger partial charge in [-0.2, -0.15) is 0 Å². The van der Waals surface area contributed by atoms with E-state index in [1.165, 1.54) is 11.1 Å². The minimum atomic E-state index is -0.143. The van der Waals surface area contributed by atoms with Crippen LogP contribution in [0.2, 0.25) is 0 Å². The minimum absolute atomic E-state index is 0.0568. The Bertz CT molecular complexity index is 2090.